The van der Waals surface area contributed by atoms with Gasteiger partial charge >= 0.3 is 0 Å². The standard InChI is InChI=1S/C94H108N2O4S8/c1-7-13-17-19-21-29-49-95-91(97)79-77-81(60-35-27-24-28-36-60)105-86(88(77)108-89(79)93(95)99)72-54-68-76(70-48-42-62(102-70)52-56(12-6)32-16-10-4)82-67(75(83(68)104-72)69-47-41-61(101-69)51-55(11-5)31-15-9-3)53-71(103-82)85-78-80-90(94(100)96(92(80)98)50-30-22-20-18-14-8-2)107-87(78)84(106-85)66-46-40-59-38-44-64-63(57-33-25-23-26-34-57)43-37-58-39-45-65(66)74(59)73(58)64/h23-28,33-36,41-42,47-48,53-56,58-59,63-66,73-74H,7-22,29-32,37-40,43-46,49-52H2,1-6H3. The van der Waals surface area contributed by atoms with E-state index in [0.717, 1.165) is 119 Å². The Balaban J connectivity index is 0.859. The zero-order valence-corrected chi connectivity index (χ0v) is 71.0. The second kappa shape index (κ2) is 33.0. The molecule has 17 rings (SSSR count). The minimum atomic E-state index is -0.141. The highest BCUT2D eigenvalue weighted by molar-refractivity contribution is 7.34. The molecule has 0 spiro atoms. The Kier molecular flexibility index (Phi) is 23.0. The van der Waals surface area contributed by atoms with E-state index >= 15 is 14.4 Å². The molecule has 4 saturated carbocycles. The molecular weight excluding hydrogens is 1480 g/mol. The van der Waals surface area contributed by atoms with E-state index in [-0.39, 0.29) is 23.6 Å². The van der Waals surface area contributed by atoms with Crippen molar-refractivity contribution >= 4 is 155 Å². The molecule has 14 heteroatoms. The summed E-state index contributed by atoms with van der Waals surface area (Å²) >= 11 is 14.9. The fraction of sp³-hybridized carbons (Fsp3) is 0.511. The summed E-state index contributed by atoms with van der Waals surface area (Å²) in [5.74, 6) is 6.19. The molecule has 2 aliphatic heterocycles. The van der Waals surface area contributed by atoms with Crippen LogP contribution in [0, 0.1) is 47.3 Å². The van der Waals surface area contributed by atoms with E-state index in [9.17, 15) is 4.79 Å². The van der Waals surface area contributed by atoms with Crippen molar-refractivity contribution in [2.24, 2.45) is 47.3 Å². The van der Waals surface area contributed by atoms with Crippen LogP contribution in [0.15, 0.2) is 97.1 Å². The van der Waals surface area contributed by atoms with Crippen molar-refractivity contribution in [1.82, 2.24) is 9.80 Å². The Labute approximate surface area is 673 Å². The molecule has 4 amide bonds. The molecule has 4 aliphatic carbocycles. The van der Waals surface area contributed by atoms with E-state index in [1.807, 2.05) is 56.7 Å². The van der Waals surface area contributed by atoms with E-state index in [1.54, 1.807) is 49.4 Å². The van der Waals surface area contributed by atoms with E-state index in [4.69, 9.17) is 0 Å². The molecule has 10 unspecified atom stereocenters. The van der Waals surface area contributed by atoms with Crippen molar-refractivity contribution in [3.63, 3.8) is 0 Å². The number of carbonyl (C=O) groups is 4. The van der Waals surface area contributed by atoms with Gasteiger partial charge in [0, 0.05) is 94.2 Å². The number of carbonyl (C=O) groups excluding carboxylic acids is 4. The molecule has 566 valence electrons. The van der Waals surface area contributed by atoms with Crippen molar-refractivity contribution in [3.8, 4) is 50.8 Å². The number of thiophene rings is 8. The number of rotatable bonds is 33. The summed E-state index contributed by atoms with van der Waals surface area (Å²) in [6.45, 7) is 14.8. The van der Waals surface area contributed by atoms with Crippen LogP contribution >= 0.6 is 90.7 Å². The Morgan fingerprint density at radius 3 is 1.36 bits per heavy atom. The molecule has 0 saturated heterocycles. The van der Waals surface area contributed by atoms with Gasteiger partial charge in [-0.2, -0.15) is 0 Å². The maximum absolute atomic E-state index is 15.7. The van der Waals surface area contributed by atoms with Crippen molar-refractivity contribution in [3.05, 3.63) is 138 Å². The van der Waals surface area contributed by atoms with E-state index < -0.39 is 0 Å². The smallest absolute Gasteiger partial charge is 0.271 e. The Morgan fingerprint density at radius 2 is 0.833 bits per heavy atom. The molecule has 3 aromatic carbocycles. The van der Waals surface area contributed by atoms with Gasteiger partial charge in [-0.25, -0.2) is 0 Å². The van der Waals surface area contributed by atoms with Crippen LogP contribution in [0.4, 0.5) is 0 Å². The number of unbranched alkanes of at least 4 members (excludes halogenated alkanes) is 12. The summed E-state index contributed by atoms with van der Waals surface area (Å²) in [4.78, 5) is 77.9. The van der Waals surface area contributed by atoms with Gasteiger partial charge in [-0.1, -0.05) is 218 Å². The highest BCUT2D eigenvalue weighted by Gasteiger charge is 2.57. The Hall–Kier alpha value is -5.42. The lowest BCUT2D eigenvalue weighted by molar-refractivity contribution is -0.0905. The third kappa shape index (κ3) is 13.8. The van der Waals surface area contributed by atoms with E-state index in [1.165, 1.54) is 203 Å². The average Bonchev–Trinajstić information content (AvgIpc) is 1.53. The SMILES string of the molecule is CCCCCCCCN1C(=O)c2sc3c(-c4cc5c(-c6ccc(CC(CC)CCCC)s6)c6sc(-c7sc(C8CCC9CCC%10C(c%11ccccc%11)CCC%11CCC8C9C%11%10)c8sc9c(c78)C(=O)N(CCCCCCCC)C9=O)cc6c(-c6ccc(CC(CC)CCCC)s6)c5s4)sc(-c4ccccc4)c3c2C1=O. The van der Waals surface area contributed by atoms with Gasteiger partial charge in [-0.15, -0.1) is 90.7 Å². The van der Waals surface area contributed by atoms with Crippen LogP contribution in [0.3, 0.4) is 0 Å². The second-order valence-corrected chi connectivity index (χ2v) is 41.7. The van der Waals surface area contributed by atoms with Crippen molar-refractivity contribution in [2.45, 2.75) is 246 Å². The zero-order chi connectivity index (χ0) is 73.8. The Morgan fingerprint density at radius 1 is 0.370 bits per heavy atom. The first-order chi connectivity index (χ1) is 53.0. The van der Waals surface area contributed by atoms with Crippen LogP contribution in [-0.4, -0.2) is 46.5 Å². The van der Waals surface area contributed by atoms with Crippen LogP contribution in [-0.2, 0) is 12.8 Å². The van der Waals surface area contributed by atoms with Gasteiger partial charge in [-0.05, 0) is 184 Å². The number of nitrogens with zero attached hydrogens (tertiary/aromatic N) is 2. The third-order valence-corrected chi connectivity index (χ3v) is 36.9. The van der Waals surface area contributed by atoms with Crippen molar-refractivity contribution in [1.29, 1.82) is 0 Å². The van der Waals surface area contributed by atoms with Crippen LogP contribution in [0.5, 0.6) is 0 Å². The van der Waals surface area contributed by atoms with Gasteiger partial charge in [0.1, 0.15) is 9.75 Å². The van der Waals surface area contributed by atoms with Gasteiger partial charge < -0.3 is 0 Å². The number of amides is 4. The van der Waals surface area contributed by atoms with Crippen LogP contribution in [0.2, 0.25) is 0 Å². The lowest BCUT2D eigenvalue weighted by atomic mass is 9.44. The minimum Gasteiger partial charge on any atom is -0.274 e. The molecule has 10 heterocycles. The highest BCUT2D eigenvalue weighted by Crippen LogP contribution is 2.68. The fourth-order valence-corrected chi connectivity index (χ4v) is 32.2. The summed E-state index contributed by atoms with van der Waals surface area (Å²) in [5.41, 5.74) is 6.47. The largest absolute Gasteiger partial charge is 0.274 e. The molecule has 11 aromatic rings. The molecule has 0 bridgehead atoms. The predicted octanol–water partition coefficient (Wildman–Crippen LogP) is 30.3. The quantitative estimate of drug-likeness (QED) is 0.0303. The maximum atomic E-state index is 15.7. The highest BCUT2D eigenvalue weighted by atomic mass is 32.1. The van der Waals surface area contributed by atoms with Crippen molar-refractivity contribution in [2.75, 3.05) is 13.1 Å². The Bertz CT molecular complexity index is 4970. The third-order valence-electron chi connectivity index (χ3n) is 26.8. The molecule has 10 atom stereocenters. The number of imide groups is 2. The molecule has 8 aromatic heterocycles. The average molecular weight is 1590 g/mol. The summed E-state index contributed by atoms with van der Waals surface area (Å²) in [5, 5.41) is 4.51. The second-order valence-electron chi connectivity index (χ2n) is 33.2. The molecule has 108 heavy (non-hydrogen) atoms. The number of fused-ring (bicyclic) bond motifs is 8. The molecule has 6 aliphatic rings. The zero-order valence-electron chi connectivity index (χ0n) is 64.4. The number of hydrogen-bond acceptors (Lipinski definition) is 12. The lowest BCUT2D eigenvalue weighted by Crippen LogP contribution is -2.52. The maximum Gasteiger partial charge on any atom is 0.271 e. The van der Waals surface area contributed by atoms with E-state index in [0.29, 0.717) is 69.5 Å². The topological polar surface area (TPSA) is 74.8 Å². The molecular formula is C94H108N2O4S8. The first kappa shape index (κ1) is 75.3. The number of benzene rings is 3. The van der Waals surface area contributed by atoms with Crippen LogP contribution < -0.4 is 0 Å². The molecule has 0 radical (unpaired) electrons. The summed E-state index contributed by atoms with van der Waals surface area (Å²) < 4.78 is 4.82. The lowest BCUT2D eigenvalue weighted by Gasteiger charge is -2.60. The van der Waals surface area contributed by atoms with Gasteiger partial charge in [0.25, 0.3) is 23.6 Å². The van der Waals surface area contributed by atoms with Gasteiger partial charge in [0.2, 0.25) is 0 Å². The predicted molar refractivity (Wildman–Crippen MR) is 468 cm³/mol. The van der Waals surface area contributed by atoms with Crippen LogP contribution in [0.25, 0.3) is 91.2 Å². The molecule has 4 fully saturated rings. The minimum absolute atomic E-state index is 0.0751. The molecule has 6 nitrogen and oxygen atoms in total. The summed E-state index contributed by atoms with van der Waals surface area (Å²) in [7, 11) is 0. The first-order valence-corrected chi connectivity index (χ1v) is 48.8. The summed E-state index contributed by atoms with van der Waals surface area (Å²) in [6.07, 6.45) is 35.4. The monoisotopic (exact) mass is 1580 g/mol. The first-order valence-electron chi connectivity index (χ1n) is 42.2. The van der Waals surface area contributed by atoms with Gasteiger partial charge in [0.05, 0.1) is 30.3 Å². The van der Waals surface area contributed by atoms with Gasteiger partial charge in [0.15, 0.2) is 0 Å². The van der Waals surface area contributed by atoms with Crippen LogP contribution in [0.1, 0.15) is 293 Å². The van der Waals surface area contributed by atoms with Gasteiger partial charge in [-0.3, -0.25) is 29.0 Å². The fourth-order valence-electron chi connectivity index (χ4n) is 21.3. The molecule has 0 N–H and O–H groups in total. The van der Waals surface area contributed by atoms with Crippen molar-refractivity contribution < 1.29 is 19.2 Å². The summed E-state index contributed by atoms with van der Waals surface area (Å²) in [6, 6.07) is 37.1. The number of hydrogen-bond donors (Lipinski definition) is 0. The normalized spacial score (nSPS) is 21.8. The van der Waals surface area contributed by atoms with E-state index in [2.05, 4.69) is 139 Å².